The van der Waals surface area contributed by atoms with Gasteiger partial charge < -0.3 is 4.74 Å². The average Bonchev–Trinajstić information content (AvgIpc) is 3.12. The molecule has 0 unspecified atom stereocenters. The van der Waals surface area contributed by atoms with Gasteiger partial charge in [-0.05, 0) is 63.5 Å². The molecule has 0 N–H and O–H groups in total. The van der Waals surface area contributed by atoms with Crippen LogP contribution in [0.2, 0.25) is 0 Å². The van der Waals surface area contributed by atoms with E-state index >= 15 is 0 Å². The monoisotopic (exact) mass is 529 g/mol. The Kier molecular flexibility index (Phi) is 6.52. The second-order valence-corrected chi connectivity index (χ2v) is 9.70. The predicted molar refractivity (Wildman–Crippen MR) is 140 cm³/mol. The highest BCUT2D eigenvalue weighted by molar-refractivity contribution is 9.10. The van der Waals surface area contributed by atoms with Crippen molar-refractivity contribution in [2.45, 2.75) is 13.2 Å². The van der Waals surface area contributed by atoms with Gasteiger partial charge in [-0.1, -0.05) is 88.7 Å². The number of imide groups is 1. The van der Waals surface area contributed by atoms with E-state index in [0.29, 0.717) is 11.5 Å². The van der Waals surface area contributed by atoms with Gasteiger partial charge in [0.25, 0.3) is 11.1 Å². The van der Waals surface area contributed by atoms with E-state index in [4.69, 9.17) is 4.74 Å². The van der Waals surface area contributed by atoms with E-state index in [0.717, 1.165) is 38.7 Å². The molecular formula is C28H20BrNO3S. The van der Waals surface area contributed by atoms with E-state index in [9.17, 15) is 9.59 Å². The minimum atomic E-state index is -0.276. The van der Waals surface area contributed by atoms with E-state index in [-0.39, 0.29) is 17.7 Å². The third kappa shape index (κ3) is 4.79. The number of hydrogen-bond acceptors (Lipinski definition) is 4. The molecule has 1 saturated heterocycles. The summed E-state index contributed by atoms with van der Waals surface area (Å²) in [6, 6.07) is 29.6. The van der Waals surface area contributed by atoms with E-state index in [1.807, 2.05) is 66.7 Å². The number of carbonyl (C=O) groups is 2. The summed E-state index contributed by atoms with van der Waals surface area (Å²) in [7, 11) is 0. The topological polar surface area (TPSA) is 46.6 Å². The standard InChI is InChI=1S/C28H20BrNO3S/c29-25-11-4-2-7-21(25)17-30-27(31)26(34-28(30)32)16-19-12-14-23(15-13-19)33-18-22-9-5-8-20-6-1-3-10-24(20)22/h1-16H,17-18H2/b26-16-. The van der Waals surface area contributed by atoms with Crippen molar-refractivity contribution in [1.29, 1.82) is 0 Å². The van der Waals surface area contributed by atoms with Crippen molar-refractivity contribution in [3.05, 3.63) is 117 Å². The van der Waals surface area contributed by atoms with Gasteiger partial charge in [-0.15, -0.1) is 0 Å². The van der Waals surface area contributed by atoms with Gasteiger partial charge in [-0.25, -0.2) is 0 Å². The number of hydrogen-bond donors (Lipinski definition) is 0. The zero-order valence-electron chi connectivity index (χ0n) is 18.1. The Hall–Kier alpha value is -3.35. The van der Waals surface area contributed by atoms with Crippen LogP contribution in [0, 0.1) is 0 Å². The second-order valence-electron chi connectivity index (χ2n) is 7.86. The lowest BCUT2D eigenvalue weighted by molar-refractivity contribution is -0.123. The number of carbonyl (C=O) groups excluding carboxylic acids is 2. The molecule has 1 fully saturated rings. The SMILES string of the molecule is O=C1S/C(=C\c2ccc(OCc3cccc4ccccc34)cc2)C(=O)N1Cc1ccccc1Br. The van der Waals surface area contributed by atoms with Crippen molar-refractivity contribution < 1.29 is 14.3 Å². The number of fused-ring (bicyclic) bond motifs is 1. The highest BCUT2D eigenvalue weighted by Gasteiger charge is 2.35. The highest BCUT2D eigenvalue weighted by atomic mass is 79.9. The Morgan fingerprint density at radius 1 is 0.824 bits per heavy atom. The van der Waals surface area contributed by atoms with Crippen molar-refractivity contribution in [3.8, 4) is 5.75 Å². The number of thioether (sulfide) groups is 1. The lowest BCUT2D eigenvalue weighted by Crippen LogP contribution is -2.27. The van der Waals surface area contributed by atoms with E-state index < -0.39 is 0 Å². The fraction of sp³-hybridized carbons (Fsp3) is 0.0714. The lowest BCUT2D eigenvalue weighted by Gasteiger charge is -2.13. The molecule has 4 aromatic carbocycles. The molecule has 2 amide bonds. The molecule has 4 nitrogen and oxygen atoms in total. The Bertz CT molecular complexity index is 1410. The summed E-state index contributed by atoms with van der Waals surface area (Å²) in [5.74, 6) is 0.467. The van der Waals surface area contributed by atoms with Crippen LogP contribution in [0.1, 0.15) is 16.7 Å². The van der Waals surface area contributed by atoms with Crippen LogP contribution in [0.15, 0.2) is 100 Å². The number of rotatable bonds is 6. The van der Waals surface area contributed by atoms with Crippen molar-refractivity contribution in [2.24, 2.45) is 0 Å². The minimum Gasteiger partial charge on any atom is -0.489 e. The summed E-state index contributed by atoms with van der Waals surface area (Å²) < 4.78 is 6.87. The first-order chi connectivity index (χ1) is 16.6. The highest BCUT2D eigenvalue weighted by Crippen LogP contribution is 2.34. The summed E-state index contributed by atoms with van der Waals surface area (Å²) >= 11 is 4.44. The molecule has 0 radical (unpaired) electrons. The van der Waals surface area contributed by atoms with Gasteiger partial charge in [0.05, 0.1) is 11.4 Å². The fourth-order valence-electron chi connectivity index (χ4n) is 3.82. The van der Waals surface area contributed by atoms with Crippen LogP contribution in [-0.2, 0) is 17.9 Å². The normalized spacial score (nSPS) is 14.9. The Balaban J connectivity index is 1.26. The number of ether oxygens (including phenoxy) is 1. The summed E-state index contributed by atoms with van der Waals surface area (Å²) in [6.07, 6.45) is 1.75. The summed E-state index contributed by atoms with van der Waals surface area (Å²) in [4.78, 5) is 27.0. The quantitative estimate of drug-likeness (QED) is 0.244. The molecular weight excluding hydrogens is 510 g/mol. The fourth-order valence-corrected chi connectivity index (χ4v) is 5.07. The minimum absolute atomic E-state index is 0.240. The number of benzene rings is 4. The molecule has 1 heterocycles. The number of nitrogens with zero attached hydrogens (tertiary/aromatic N) is 1. The van der Waals surface area contributed by atoms with Crippen molar-refractivity contribution in [3.63, 3.8) is 0 Å². The number of halogens is 1. The van der Waals surface area contributed by atoms with Gasteiger partial charge in [0.1, 0.15) is 12.4 Å². The van der Waals surface area contributed by atoms with Gasteiger partial charge in [-0.3, -0.25) is 14.5 Å². The van der Waals surface area contributed by atoms with Crippen LogP contribution in [0.4, 0.5) is 4.79 Å². The molecule has 0 atom stereocenters. The van der Waals surface area contributed by atoms with Crippen LogP contribution in [-0.4, -0.2) is 16.0 Å². The molecule has 5 rings (SSSR count). The molecule has 0 spiro atoms. The molecule has 168 valence electrons. The van der Waals surface area contributed by atoms with E-state index in [2.05, 4.69) is 40.2 Å². The predicted octanol–water partition coefficient (Wildman–Crippen LogP) is 7.42. The Morgan fingerprint density at radius 3 is 2.35 bits per heavy atom. The molecule has 6 heteroatoms. The van der Waals surface area contributed by atoms with E-state index in [1.54, 1.807) is 6.08 Å². The number of amides is 2. The maximum Gasteiger partial charge on any atom is 0.293 e. The summed E-state index contributed by atoms with van der Waals surface area (Å²) in [6.45, 7) is 0.707. The lowest BCUT2D eigenvalue weighted by atomic mass is 10.1. The van der Waals surface area contributed by atoms with Gasteiger partial charge in [-0.2, -0.15) is 0 Å². The first-order valence-corrected chi connectivity index (χ1v) is 12.4. The largest absolute Gasteiger partial charge is 0.489 e. The van der Waals surface area contributed by atoms with Crippen LogP contribution < -0.4 is 4.74 Å². The molecule has 34 heavy (non-hydrogen) atoms. The summed E-state index contributed by atoms with van der Waals surface area (Å²) in [5.41, 5.74) is 2.85. The van der Waals surface area contributed by atoms with Crippen LogP contribution in [0.25, 0.3) is 16.8 Å². The van der Waals surface area contributed by atoms with Crippen molar-refractivity contribution >= 4 is 55.7 Å². The molecule has 0 bridgehead atoms. The maximum absolute atomic E-state index is 12.8. The second kappa shape index (κ2) is 9.87. The van der Waals surface area contributed by atoms with Gasteiger partial charge in [0.15, 0.2) is 0 Å². The first kappa shape index (κ1) is 22.4. The zero-order chi connectivity index (χ0) is 23.5. The molecule has 0 saturated carbocycles. The molecule has 4 aromatic rings. The smallest absolute Gasteiger partial charge is 0.293 e. The van der Waals surface area contributed by atoms with Crippen molar-refractivity contribution in [1.82, 2.24) is 4.90 Å². The molecule has 0 aliphatic carbocycles. The van der Waals surface area contributed by atoms with Crippen LogP contribution in [0.3, 0.4) is 0 Å². The van der Waals surface area contributed by atoms with Gasteiger partial charge >= 0.3 is 0 Å². The molecule has 0 aromatic heterocycles. The maximum atomic E-state index is 12.8. The van der Waals surface area contributed by atoms with Crippen LogP contribution >= 0.6 is 27.7 Å². The van der Waals surface area contributed by atoms with Gasteiger partial charge in [0.2, 0.25) is 0 Å². The third-order valence-corrected chi connectivity index (χ3v) is 7.29. The first-order valence-electron chi connectivity index (χ1n) is 10.8. The van der Waals surface area contributed by atoms with Crippen LogP contribution in [0.5, 0.6) is 5.75 Å². The summed E-state index contributed by atoms with van der Waals surface area (Å²) in [5, 5.41) is 2.11. The third-order valence-electron chi connectivity index (χ3n) is 5.61. The Morgan fingerprint density at radius 2 is 1.53 bits per heavy atom. The average molecular weight is 530 g/mol. The zero-order valence-corrected chi connectivity index (χ0v) is 20.5. The van der Waals surface area contributed by atoms with E-state index in [1.165, 1.54) is 15.7 Å². The molecule has 1 aliphatic rings. The van der Waals surface area contributed by atoms with Crippen molar-refractivity contribution in [2.75, 3.05) is 0 Å². The molecule has 1 aliphatic heterocycles. The van der Waals surface area contributed by atoms with Gasteiger partial charge in [0, 0.05) is 4.47 Å². The Labute approximate surface area is 210 Å².